The predicted molar refractivity (Wildman–Crippen MR) is 57.8 cm³/mol. The van der Waals surface area contributed by atoms with Gasteiger partial charge in [-0.05, 0) is 41.9 Å². The molecule has 0 atom stereocenters. The lowest BCUT2D eigenvalue weighted by molar-refractivity contribution is 0.678. The molecular weight excluding hydrogens is 228 g/mol. The Labute approximate surface area is 85.7 Å². The molecule has 13 heavy (non-hydrogen) atoms. The van der Waals surface area contributed by atoms with Gasteiger partial charge in [0.05, 0.1) is 5.52 Å². The van der Waals surface area contributed by atoms with Gasteiger partial charge in [-0.25, -0.2) is 0 Å². The zero-order valence-electron chi connectivity index (χ0n) is 7.71. The molecule has 1 heterocycles. The van der Waals surface area contributed by atoms with Gasteiger partial charge in [-0.2, -0.15) is 5.10 Å². The minimum Gasteiger partial charge on any atom is -0.264 e. The summed E-state index contributed by atoms with van der Waals surface area (Å²) in [6.45, 7) is 5.10. The first-order valence-corrected chi connectivity index (χ1v) is 5.14. The second-order valence-corrected chi connectivity index (χ2v) is 3.88. The van der Waals surface area contributed by atoms with Gasteiger partial charge in [-0.15, -0.1) is 0 Å². The molecule has 2 rings (SSSR count). The summed E-state index contributed by atoms with van der Waals surface area (Å²) in [5, 5.41) is 5.58. The zero-order valence-corrected chi connectivity index (χ0v) is 9.30. The van der Waals surface area contributed by atoms with E-state index in [1.54, 1.807) is 0 Å². The van der Waals surface area contributed by atoms with Gasteiger partial charge in [0, 0.05) is 11.9 Å². The molecule has 2 nitrogen and oxygen atoms in total. The van der Waals surface area contributed by atoms with Gasteiger partial charge < -0.3 is 0 Å². The van der Waals surface area contributed by atoms with Gasteiger partial charge in [0.1, 0.15) is 4.60 Å². The van der Waals surface area contributed by atoms with Crippen molar-refractivity contribution in [3.63, 3.8) is 0 Å². The molecule has 0 bridgehead atoms. The Morgan fingerprint density at radius 2 is 2.23 bits per heavy atom. The van der Waals surface area contributed by atoms with E-state index in [-0.39, 0.29) is 0 Å². The highest BCUT2D eigenvalue weighted by Crippen LogP contribution is 2.23. The smallest absolute Gasteiger partial charge is 0.136 e. The lowest BCUT2D eigenvalue weighted by Gasteiger charge is -1.97. The van der Waals surface area contributed by atoms with Gasteiger partial charge in [0.25, 0.3) is 0 Å². The highest BCUT2D eigenvalue weighted by molar-refractivity contribution is 9.10. The fraction of sp³-hybridized carbons (Fsp3) is 0.300. The molecule has 3 heteroatoms. The molecule has 0 radical (unpaired) electrons. The third kappa shape index (κ3) is 1.37. The van der Waals surface area contributed by atoms with Gasteiger partial charge >= 0.3 is 0 Å². The maximum absolute atomic E-state index is 4.38. The normalized spacial score (nSPS) is 11.0. The Balaban J connectivity index is 2.80. The van der Waals surface area contributed by atoms with Gasteiger partial charge in [0.2, 0.25) is 0 Å². The van der Waals surface area contributed by atoms with Crippen LogP contribution < -0.4 is 0 Å². The largest absolute Gasteiger partial charge is 0.264 e. The van der Waals surface area contributed by atoms with E-state index in [0.29, 0.717) is 0 Å². The molecule has 0 saturated heterocycles. The number of hydrogen-bond acceptors (Lipinski definition) is 1. The van der Waals surface area contributed by atoms with Gasteiger partial charge in [-0.1, -0.05) is 11.6 Å². The van der Waals surface area contributed by atoms with Crippen molar-refractivity contribution in [2.24, 2.45) is 0 Å². The molecule has 0 aliphatic heterocycles. The van der Waals surface area contributed by atoms with Crippen LogP contribution >= 0.6 is 15.9 Å². The first kappa shape index (κ1) is 8.75. The molecule has 0 aliphatic carbocycles. The predicted octanol–water partition coefficient (Wildman–Crippen LogP) is 3.13. The fourth-order valence-corrected chi connectivity index (χ4v) is 2.00. The molecule has 1 aromatic carbocycles. The third-order valence-electron chi connectivity index (χ3n) is 2.16. The van der Waals surface area contributed by atoms with Crippen LogP contribution in [0, 0.1) is 6.92 Å². The lowest BCUT2D eigenvalue weighted by Crippen LogP contribution is -1.95. The van der Waals surface area contributed by atoms with E-state index >= 15 is 0 Å². The third-order valence-corrected chi connectivity index (χ3v) is 2.75. The molecular formula is C10H11BrN2. The van der Waals surface area contributed by atoms with Crippen LogP contribution in [0.5, 0.6) is 0 Å². The Hall–Kier alpha value is -0.830. The van der Waals surface area contributed by atoms with E-state index in [4.69, 9.17) is 0 Å². The average Bonchev–Trinajstić information content (AvgIpc) is 2.43. The molecule has 0 saturated carbocycles. The maximum atomic E-state index is 4.38. The Morgan fingerprint density at radius 1 is 1.46 bits per heavy atom. The van der Waals surface area contributed by atoms with Crippen molar-refractivity contribution in [2.45, 2.75) is 20.4 Å². The number of nitrogens with zero attached hydrogens (tertiary/aromatic N) is 2. The van der Waals surface area contributed by atoms with Crippen LogP contribution in [-0.4, -0.2) is 9.78 Å². The summed E-state index contributed by atoms with van der Waals surface area (Å²) in [7, 11) is 0. The Bertz CT molecular complexity index is 445. The fourth-order valence-electron chi connectivity index (χ4n) is 1.49. The molecule has 0 spiro atoms. The summed E-state index contributed by atoms with van der Waals surface area (Å²) in [6, 6.07) is 6.38. The molecule has 1 aromatic heterocycles. The van der Waals surface area contributed by atoms with Crippen molar-refractivity contribution >= 4 is 26.8 Å². The van der Waals surface area contributed by atoms with E-state index < -0.39 is 0 Å². The van der Waals surface area contributed by atoms with Crippen molar-refractivity contribution in [3.05, 3.63) is 28.4 Å². The number of benzene rings is 1. The maximum Gasteiger partial charge on any atom is 0.136 e. The molecule has 0 amide bonds. The number of halogens is 1. The van der Waals surface area contributed by atoms with Crippen molar-refractivity contribution in [3.8, 4) is 0 Å². The molecule has 0 aliphatic rings. The lowest BCUT2D eigenvalue weighted by atomic mass is 10.2. The van der Waals surface area contributed by atoms with Crippen molar-refractivity contribution in [1.82, 2.24) is 9.78 Å². The highest BCUT2D eigenvalue weighted by Gasteiger charge is 2.06. The monoisotopic (exact) mass is 238 g/mol. The van der Waals surface area contributed by atoms with Crippen LogP contribution in [0.4, 0.5) is 0 Å². The topological polar surface area (TPSA) is 17.8 Å². The van der Waals surface area contributed by atoms with Crippen molar-refractivity contribution < 1.29 is 0 Å². The minimum absolute atomic E-state index is 0.908. The van der Waals surface area contributed by atoms with Crippen LogP contribution in [0.15, 0.2) is 22.8 Å². The molecule has 0 unspecified atom stereocenters. The zero-order chi connectivity index (χ0) is 9.42. The van der Waals surface area contributed by atoms with Crippen LogP contribution in [0.25, 0.3) is 10.9 Å². The molecule has 0 N–H and O–H groups in total. The van der Waals surface area contributed by atoms with Gasteiger partial charge in [-0.3, -0.25) is 4.68 Å². The summed E-state index contributed by atoms with van der Waals surface area (Å²) < 4.78 is 2.94. The SMILES string of the molecule is CCn1nc(Br)c2cc(C)ccc21. The van der Waals surface area contributed by atoms with E-state index in [2.05, 4.69) is 53.1 Å². The van der Waals surface area contributed by atoms with E-state index in [9.17, 15) is 0 Å². The standard InChI is InChI=1S/C10H11BrN2/c1-3-13-9-5-4-7(2)6-8(9)10(11)12-13/h4-6H,3H2,1-2H3. The van der Waals surface area contributed by atoms with Gasteiger partial charge in [0.15, 0.2) is 0 Å². The quantitative estimate of drug-likeness (QED) is 0.747. The highest BCUT2D eigenvalue weighted by atomic mass is 79.9. The van der Waals surface area contributed by atoms with Crippen LogP contribution in [0.3, 0.4) is 0 Å². The molecule has 68 valence electrons. The summed E-state index contributed by atoms with van der Waals surface area (Å²) in [5.41, 5.74) is 2.46. The molecule has 0 fully saturated rings. The number of fused-ring (bicyclic) bond motifs is 1. The summed E-state index contributed by atoms with van der Waals surface area (Å²) in [4.78, 5) is 0. The first-order valence-electron chi connectivity index (χ1n) is 4.35. The van der Waals surface area contributed by atoms with Crippen LogP contribution in [0.2, 0.25) is 0 Å². The summed E-state index contributed by atoms with van der Waals surface area (Å²) in [5.74, 6) is 0. The summed E-state index contributed by atoms with van der Waals surface area (Å²) in [6.07, 6.45) is 0. The van der Waals surface area contributed by atoms with E-state index in [1.807, 2.05) is 4.68 Å². The average molecular weight is 239 g/mol. The summed E-state index contributed by atoms with van der Waals surface area (Å²) >= 11 is 3.46. The first-order chi connectivity index (χ1) is 6.22. The number of aryl methyl sites for hydroxylation is 2. The van der Waals surface area contributed by atoms with Crippen molar-refractivity contribution in [1.29, 1.82) is 0 Å². The Morgan fingerprint density at radius 3 is 2.92 bits per heavy atom. The molecule has 2 aromatic rings. The van der Waals surface area contributed by atoms with Crippen LogP contribution in [-0.2, 0) is 6.54 Å². The number of rotatable bonds is 1. The number of aromatic nitrogens is 2. The van der Waals surface area contributed by atoms with E-state index in [0.717, 1.165) is 11.1 Å². The minimum atomic E-state index is 0.908. The van der Waals surface area contributed by atoms with Crippen LogP contribution in [0.1, 0.15) is 12.5 Å². The number of hydrogen-bond donors (Lipinski definition) is 0. The second kappa shape index (κ2) is 3.14. The Kier molecular flexibility index (Phi) is 2.12. The van der Waals surface area contributed by atoms with Crippen molar-refractivity contribution in [2.75, 3.05) is 0 Å². The van der Waals surface area contributed by atoms with E-state index in [1.165, 1.54) is 16.5 Å². The second-order valence-electron chi connectivity index (χ2n) is 3.13.